The minimum Gasteiger partial charge on any atom is -0.492 e. The number of piperidine rings is 1. The largest absolute Gasteiger partial charge is 0.492 e. The number of nitrogens with zero attached hydrogens (tertiary/aromatic N) is 4. The Morgan fingerprint density at radius 3 is 2.45 bits per heavy atom. The molecule has 1 fully saturated rings. The third-order valence-corrected chi connectivity index (χ3v) is 7.91. The minimum absolute atomic E-state index is 0.0865. The summed E-state index contributed by atoms with van der Waals surface area (Å²) >= 11 is 6.40. The van der Waals surface area contributed by atoms with Crippen LogP contribution in [0.1, 0.15) is 55.4 Å². The van der Waals surface area contributed by atoms with E-state index >= 15 is 0 Å². The number of anilines is 2. The van der Waals surface area contributed by atoms with Crippen LogP contribution in [0.4, 0.5) is 11.4 Å². The fourth-order valence-corrected chi connectivity index (χ4v) is 5.36. The lowest BCUT2D eigenvalue weighted by Crippen LogP contribution is -2.31. The van der Waals surface area contributed by atoms with Crippen LogP contribution in [-0.4, -0.2) is 67.7 Å². The van der Waals surface area contributed by atoms with E-state index in [0.29, 0.717) is 17.4 Å². The molecule has 13 heteroatoms. The Labute approximate surface area is 252 Å². The summed E-state index contributed by atoms with van der Waals surface area (Å²) in [5, 5.41) is 3.12. The second-order valence-corrected chi connectivity index (χ2v) is 13.7. The SMILES string of the molecule is COc1c(NC(=O)c2ccc(Cl)c(Oc3ncnc(CC4CCN(C)CC4)n3)c2)cc(C(C)(C)C)cc1NS(C)(=O)=O. The summed E-state index contributed by atoms with van der Waals surface area (Å²) in [5.74, 6) is 1.04. The molecule has 1 aliphatic heterocycles. The van der Waals surface area contributed by atoms with Gasteiger partial charge in [0.15, 0.2) is 11.5 Å². The normalized spacial score (nSPS) is 14.8. The third-order valence-electron chi connectivity index (χ3n) is 7.01. The summed E-state index contributed by atoms with van der Waals surface area (Å²) in [7, 11) is -0.0924. The number of ether oxygens (including phenoxy) is 2. The predicted molar refractivity (Wildman–Crippen MR) is 163 cm³/mol. The molecule has 1 aromatic heterocycles. The first-order valence-corrected chi connectivity index (χ1v) is 15.8. The summed E-state index contributed by atoms with van der Waals surface area (Å²) in [6.45, 7) is 8.03. The fourth-order valence-electron chi connectivity index (χ4n) is 4.65. The van der Waals surface area contributed by atoms with Gasteiger partial charge in [0.2, 0.25) is 10.0 Å². The maximum Gasteiger partial charge on any atom is 0.325 e. The standard InChI is InChI=1S/C29H37ClN6O5S/c1-29(2,3)20-15-22(26(40-5)23(16-20)35-42(6,38)39)33-27(37)19-7-8-21(30)24(14-19)41-28-32-17-31-25(34-28)13-18-9-11-36(4)12-10-18/h7-8,14-18,35H,9-13H2,1-6H3,(H,33,37). The van der Waals surface area contributed by atoms with Crippen LogP contribution in [-0.2, 0) is 21.9 Å². The second kappa shape index (κ2) is 12.8. The minimum atomic E-state index is -3.62. The van der Waals surface area contributed by atoms with Crippen molar-refractivity contribution in [3.05, 3.63) is 58.6 Å². The number of sulfonamides is 1. The van der Waals surface area contributed by atoms with Gasteiger partial charge in [-0.1, -0.05) is 32.4 Å². The van der Waals surface area contributed by atoms with Crippen LogP contribution in [0.15, 0.2) is 36.7 Å². The van der Waals surface area contributed by atoms with Gasteiger partial charge in [0, 0.05) is 12.0 Å². The number of benzene rings is 2. The average Bonchev–Trinajstić information content (AvgIpc) is 2.90. The number of likely N-dealkylation sites (tertiary alicyclic amines) is 1. The van der Waals surface area contributed by atoms with E-state index in [1.807, 2.05) is 20.8 Å². The van der Waals surface area contributed by atoms with Crippen LogP contribution in [0.3, 0.4) is 0 Å². The number of aromatic nitrogens is 3. The Kier molecular flexibility index (Phi) is 9.59. The number of hydrogen-bond acceptors (Lipinski definition) is 9. The molecule has 2 aromatic carbocycles. The van der Waals surface area contributed by atoms with Crippen LogP contribution in [0.25, 0.3) is 0 Å². The highest BCUT2D eigenvalue weighted by atomic mass is 35.5. The van der Waals surface area contributed by atoms with E-state index in [4.69, 9.17) is 21.1 Å². The van der Waals surface area contributed by atoms with Gasteiger partial charge in [-0.3, -0.25) is 9.52 Å². The molecule has 1 saturated heterocycles. The number of halogens is 1. The summed E-state index contributed by atoms with van der Waals surface area (Å²) in [6.07, 6.45) is 5.35. The summed E-state index contributed by atoms with van der Waals surface area (Å²) in [5.41, 5.74) is 1.20. The Morgan fingerprint density at radius 2 is 1.81 bits per heavy atom. The molecule has 4 rings (SSSR count). The zero-order chi connectivity index (χ0) is 30.7. The highest BCUT2D eigenvalue weighted by molar-refractivity contribution is 7.92. The van der Waals surface area contributed by atoms with Crippen LogP contribution in [0.2, 0.25) is 5.02 Å². The van der Waals surface area contributed by atoms with Gasteiger partial charge in [-0.2, -0.15) is 9.97 Å². The van der Waals surface area contributed by atoms with Crippen LogP contribution >= 0.6 is 11.6 Å². The predicted octanol–water partition coefficient (Wildman–Crippen LogP) is 5.13. The van der Waals surface area contributed by atoms with Crippen LogP contribution in [0, 0.1) is 5.92 Å². The monoisotopic (exact) mass is 616 g/mol. The number of methoxy groups -OCH3 is 1. The van der Waals surface area contributed by atoms with Crippen molar-refractivity contribution in [2.24, 2.45) is 5.92 Å². The van der Waals surface area contributed by atoms with Crippen LogP contribution < -0.4 is 19.5 Å². The van der Waals surface area contributed by atoms with Gasteiger partial charge in [0.25, 0.3) is 5.91 Å². The van der Waals surface area contributed by atoms with Crippen molar-refractivity contribution in [1.82, 2.24) is 19.9 Å². The molecule has 0 aliphatic carbocycles. The summed E-state index contributed by atoms with van der Waals surface area (Å²) in [6, 6.07) is 8.13. The van der Waals surface area contributed by atoms with E-state index in [1.54, 1.807) is 24.3 Å². The van der Waals surface area contributed by atoms with Crippen molar-refractivity contribution in [1.29, 1.82) is 0 Å². The first-order valence-electron chi connectivity index (χ1n) is 13.6. The Balaban J connectivity index is 1.57. The molecule has 3 aromatic rings. The molecule has 2 N–H and O–H groups in total. The molecule has 0 atom stereocenters. The average molecular weight is 617 g/mol. The van der Waals surface area contributed by atoms with E-state index in [-0.39, 0.29) is 39.2 Å². The number of carbonyl (C=O) groups excluding carboxylic acids is 1. The van der Waals surface area contributed by atoms with Crippen LogP contribution in [0.5, 0.6) is 17.5 Å². The molecular weight excluding hydrogens is 580 g/mol. The number of amides is 1. The first-order chi connectivity index (χ1) is 19.7. The van der Waals surface area contributed by atoms with E-state index in [0.717, 1.165) is 44.2 Å². The highest BCUT2D eigenvalue weighted by Gasteiger charge is 2.23. The zero-order valence-corrected chi connectivity index (χ0v) is 26.3. The van der Waals surface area contributed by atoms with Gasteiger partial charge in [0.05, 0.1) is 29.8 Å². The Morgan fingerprint density at radius 1 is 1.12 bits per heavy atom. The van der Waals surface area contributed by atoms with E-state index < -0.39 is 15.9 Å². The first kappa shape index (κ1) is 31.5. The Hall–Kier alpha value is -3.48. The molecule has 42 heavy (non-hydrogen) atoms. The van der Waals surface area contributed by atoms with Crippen molar-refractivity contribution >= 4 is 38.9 Å². The lowest BCUT2D eigenvalue weighted by molar-refractivity contribution is 0.102. The maximum absolute atomic E-state index is 13.4. The molecule has 11 nitrogen and oxygen atoms in total. The van der Waals surface area contributed by atoms with Gasteiger partial charge in [0.1, 0.15) is 12.2 Å². The third kappa shape index (κ3) is 8.30. The molecule has 0 radical (unpaired) electrons. The van der Waals surface area contributed by atoms with Gasteiger partial charge >= 0.3 is 6.01 Å². The highest BCUT2D eigenvalue weighted by Crippen LogP contribution is 2.39. The smallest absolute Gasteiger partial charge is 0.325 e. The van der Waals surface area contributed by atoms with E-state index in [1.165, 1.54) is 19.5 Å². The van der Waals surface area contributed by atoms with Gasteiger partial charge in [-0.15, -0.1) is 0 Å². The lowest BCUT2D eigenvalue weighted by atomic mass is 9.86. The van der Waals surface area contributed by atoms with Gasteiger partial charge in [-0.05, 0) is 80.2 Å². The maximum atomic E-state index is 13.4. The van der Waals surface area contributed by atoms with Crippen molar-refractivity contribution in [2.45, 2.75) is 45.4 Å². The quantitative estimate of drug-likeness (QED) is 0.335. The topological polar surface area (TPSA) is 136 Å². The summed E-state index contributed by atoms with van der Waals surface area (Å²) in [4.78, 5) is 28.6. The number of nitrogens with one attached hydrogen (secondary N) is 2. The number of rotatable bonds is 9. The Bertz CT molecular complexity index is 1550. The van der Waals surface area contributed by atoms with Crippen molar-refractivity contribution in [2.75, 3.05) is 43.5 Å². The fraction of sp³-hybridized carbons (Fsp3) is 0.448. The number of carbonyl (C=O) groups is 1. The zero-order valence-electron chi connectivity index (χ0n) is 24.7. The summed E-state index contributed by atoms with van der Waals surface area (Å²) < 4.78 is 38.0. The molecule has 1 aliphatic rings. The van der Waals surface area contributed by atoms with E-state index in [9.17, 15) is 13.2 Å². The molecule has 1 amide bonds. The molecule has 2 heterocycles. The lowest BCUT2D eigenvalue weighted by Gasteiger charge is -2.28. The molecule has 226 valence electrons. The molecule has 0 saturated carbocycles. The molecular formula is C29H37ClN6O5S. The van der Waals surface area contributed by atoms with E-state index in [2.05, 4.69) is 36.9 Å². The molecule has 0 unspecified atom stereocenters. The van der Waals surface area contributed by atoms with Gasteiger partial charge < -0.3 is 19.7 Å². The van der Waals surface area contributed by atoms with Crippen molar-refractivity contribution < 1.29 is 22.7 Å². The van der Waals surface area contributed by atoms with Crippen molar-refractivity contribution in [3.63, 3.8) is 0 Å². The van der Waals surface area contributed by atoms with Crippen molar-refractivity contribution in [3.8, 4) is 17.5 Å². The second-order valence-electron chi connectivity index (χ2n) is 11.6. The molecule has 0 bridgehead atoms. The number of hydrogen-bond donors (Lipinski definition) is 2. The molecule has 0 spiro atoms. The van der Waals surface area contributed by atoms with Gasteiger partial charge in [-0.25, -0.2) is 13.4 Å².